The number of aromatic nitrogens is 1. The van der Waals surface area contributed by atoms with Gasteiger partial charge in [0, 0.05) is 17.0 Å². The van der Waals surface area contributed by atoms with Crippen molar-refractivity contribution in [3.05, 3.63) is 107 Å². The van der Waals surface area contributed by atoms with Crippen LogP contribution in [0.15, 0.2) is 88.9 Å². The number of para-hydroxylation sites is 1. The van der Waals surface area contributed by atoms with E-state index in [2.05, 4.69) is 10.5 Å². The molecule has 1 amide bonds. The number of sulfonamides is 1. The molecule has 0 atom stereocenters. The van der Waals surface area contributed by atoms with Gasteiger partial charge in [-0.15, -0.1) is 0 Å². The van der Waals surface area contributed by atoms with Crippen LogP contribution >= 0.6 is 0 Å². The van der Waals surface area contributed by atoms with Crippen LogP contribution in [0, 0.1) is 20.8 Å². The second-order valence-corrected chi connectivity index (χ2v) is 11.6. The summed E-state index contributed by atoms with van der Waals surface area (Å²) < 4.78 is 76.0. The summed E-state index contributed by atoms with van der Waals surface area (Å²) in [5.41, 5.74) is 4.22. The Labute approximate surface area is 248 Å². The molecule has 0 aliphatic rings. The van der Waals surface area contributed by atoms with Crippen LogP contribution in [-0.4, -0.2) is 38.3 Å². The highest BCUT2D eigenvalue weighted by atomic mass is 32.2. The molecule has 0 radical (unpaired) electrons. The Balaban J connectivity index is 1.57. The summed E-state index contributed by atoms with van der Waals surface area (Å²) in [6, 6.07) is 19.5. The predicted octanol–water partition coefficient (Wildman–Crippen LogP) is 6.17. The number of hydrogen-bond donors (Lipinski definition) is 1. The highest BCUT2D eigenvalue weighted by molar-refractivity contribution is 7.92. The zero-order valence-corrected chi connectivity index (χ0v) is 24.8. The summed E-state index contributed by atoms with van der Waals surface area (Å²) in [6.45, 7) is 6.83. The maximum absolute atomic E-state index is 13.6. The second kappa shape index (κ2) is 12.7. The summed E-state index contributed by atoms with van der Waals surface area (Å²) in [4.78, 5) is 12.9. The Bertz CT molecular complexity index is 1730. The highest BCUT2D eigenvalue weighted by Crippen LogP contribution is 2.35. The summed E-state index contributed by atoms with van der Waals surface area (Å²) in [6.07, 6.45) is -3.24. The van der Waals surface area contributed by atoms with Gasteiger partial charge in [0.2, 0.25) is 0 Å². The number of nitrogens with one attached hydrogen (secondary N) is 1. The number of rotatable bonds is 10. The van der Waals surface area contributed by atoms with Crippen LogP contribution in [0.1, 0.15) is 35.0 Å². The van der Waals surface area contributed by atoms with E-state index in [0.29, 0.717) is 29.3 Å². The van der Waals surface area contributed by atoms with Gasteiger partial charge >= 0.3 is 6.18 Å². The molecule has 0 saturated carbocycles. The average molecular weight is 613 g/mol. The van der Waals surface area contributed by atoms with Crippen molar-refractivity contribution in [2.75, 3.05) is 17.5 Å². The molecule has 0 aliphatic carbocycles. The molecule has 4 aromatic rings. The lowest BCUT2D eigenvalue weighted by Gasteiger charge is -2.24. The van der Waals surface area contributed by atoms with Crippen molar-refractivity contribution in [1.29, 1.82) is 0 Å². The maximum Gasteiger partial charge on any atom is 0.418 e. The zero-order valence-electron chi connectivity index (χ0n) is 24.0. The van der Waals surface area contributed by atoms with E-state index in [1.807, 2.05) is 13.8 Å². The number of amides is 1. The summed E-state index contributed by atoms with van der Waals surface area (Å²) in [7, 11) is -4.16. The van der Waals surface area contributed by atoms with E-state index in [9.17, 15) is 26.4 Å². The topological polar surface area (TPSA) is 93.0 Å². The van der Waals surface area contributed by atoms with Crippen LogP contribution in [0.3, 0.4) is 0 Å². The van der Waals surface area contributed by atoms with Crippen molar-refractivity contribution in [3.8, 4) is 11.4 Å². The third-order valence-electron chi connectivity index (χ3n) is 6.65. The van der Waals surface area contributed by atoms with E-state index in [1.54, 1.807) is 44.2 Å². The minimum Gasteiger partial charge on any atom is -0.494 e. The number of aryl methyl sites for hydroxylation is 2. The molecule has 0 bridgehead atoms. The first-order chi connectivity index (χ1) is 20.3. The predicted molar refractivity (Wildman–Crippen MR) is 159 cm³/mol. The van der Waals surface area contributed by atoms with Crippen LogP contribution in [0.2, 0.25) is 0 Å². The van der Waals surface area contributed by atoms with Crippen LogP contribution in [-0.2, 0) is 21.0 Å². The standard InChI is InChI=1S/C31H31F3N4O4S/c1-5-42-26-14-16-27(17-15-26)43(40,41)37(25-12-10-21(2)11-13-25)20-30(39)36-35-19-24-18-22(3)38(23(24)4)29-9-7-6-8-28(29)31(32,33)34/h6-19H,5,20H2,1-4H3,(H,36,39)/b35-19-. The molecule has 1 N–H and O–H groups in total. The van der Waals surface area contributed by atoms with E-state index in [-0.39, 0.29) is 16.3 Å². The fraction of sp³-hybridized carbons (Fsp3) is 0.226. The average Bonchev–Trinajstić information content (AvgIpc) is 3.24. The van der Waals surface area contributed by atoms with Gasteiger partial charge in [0.05, 0.1) is 34.7 Å². The van der Waals surface area contributed by atoms with E-state index in [1.165, 1.54) is 53.2 Å². The van der Waals surface area contributed by atoms with Gasteiger partial charge in [-0.25, -0.2) is 13.8 Å². The monoisotopic (exact) mass is 612 g/mol. The van der Waals surface area contributed by atoms with E-state index < -0.39 is 34.2 Å². The number of carbonyl (C=O) groups excluding carboxylic acids is 1. The Morgan fingerprint density at radius 3 is 2.28 bits per heavy atom. The maximum atomic E-state index is 13.6. The molecule has 4 rings (SSSR count). The number of hydrogen-bond acceptors (Lipinski definition) is 5. The van der Waals surface area contributed by atoms with Crippen LogP contribution in [0.4, 0.5) is 18.9 Å². The number of ether oxygens (including phenoxy) is 1. The first kappa shape index (κ1) is 31.4. The molecule has 0 unspecified atom stereocenters. The van der Waals surface area contributed by atoms with Crippen LogP contribution in [0.5, 0.6) is 5.75 Å². The highest BCUT2D eigenvalue weighted by Gasteiger charge is 2.34. The number of hydrazone groups is 1. The van der Waals surface area contributed by atoms with Crippen molar-refractivity contribution in [2.45, 2.75) is 38.8 Å². The lowest BCUT2D eigenvalue weighted by atomic mass is 10.1. The van der Waals surface area contributed by atoms with Crippen molar-refractivity contribution in [3.63, 3.8) is 0 Å². The molecular formula is C31H31F3N4O4S. The normalized spacial score (nSPS) is 12.0. The minimum atomic E-state index is -4.54. The number of nitrogens with zero attached hydrogens (tertiary/aromatic N) is 3. The Kier molecular flexibility index (Phi) is 9.29. The molecular weight excluding hydrogens is 581 g/mol. The number of benzene rings is 3. The fourth-order valence-electron chi connectivity index (χ4n) is 4.56. The largest absolute Gasteiger partial charge is 0.494 e. The molecule has 0 spiro atoms. The molecule has 226 valence electrons. The van der Waals surface area contributed by atoms with Crippen LogP contribution < -0.4 is 14.5 Å². The van der Waals surface area contributed by atoms with Crippen molar-refractivity contribution in [1.82, 2.24) is 9.99 Å². The third-order valence-corrected chi connectivity index (χ3v) is 8.43. The van der Waals surface area contributed by atoms with Crippen molar-refractivity contribution in [2.24, 2.45) is 5.10 Å². The number of halogens is 3. The van der Waals surface area contributed by atoms with Gasteiger partial charge in [-0.05, 0) is 82.3 Å². The fourth-order valence-corrected chi connectivity index (χ4v) is 5.99. The van der Waals surface area contributed by atoms with E-state index >= 15 is 0 Å². The first-order valence-electron chi connectivity index (χ1n) is 13.3. The van der Waals surface area contributed by atoms with Gasteiger partial charge in [0.15, 0.2) is 0 Å². The minimum absolute atomic E-state index is 0.0260. The molecule has 12 heteroatoms. The lowest BCUT2D eigenvalue weighted by molar-refractivity contribution is -0.137. The lowest BCUT2D eigenvalue weighted by Crippen LogP contribution is -2.39. The van der Waals surface area contributed by atoms with E-state index in [0.717, 1.165) is 15.9 Å². The Hall–Kier alpha value is -4.58. The van der Waals surface area contributed by atoms with E-state index in [4.69, 9.17) is 4.74 Å². The molecule has 0 fully saturated rings. The molecule has 0 saturated heterocycles. The van der Waals surface area contributed by atoms with Gasteiger partial charge in [-0.2, -0.15) is 18.3 Å². The molecule has 8 nitrogen and oxygen atoms in total. The SMILES string of the molecule is CCOc1ccc(S(=O)(=O)N(CC(=O)N/N=C\c2cc(C)n(-c3ccccc3C(F)(F)F)c2C)c2ccc(C)cc2)cc1. The van der Waals surface area contributed by atoms with Crippen molar-refractivity contribution >= 4 is 27.8 Å². The van der Waals surface area contributed by atoms with Gasteiger partial charge in [0.1, 0.15) is 12.3 Å². The number of anilines is 1. The number of carbonyl (C=O) groups is 1. The molecule has 1 aromatic heterocycles. The molecule has 43 heavy (non-hydrogen) atoms. The molecule has 3 aromatic carbocycles. The summed E-state index contributed by atoms with van der Waals surface area (Å²) >= 11 is 0. The van der Waals surface area contributed by atoms with Gasteiger partial charge in [-0.1, -0.05) is 29.8 Å². The summed E-state index contributed by atoms with van der Waals surface area (Å²) in [5, 5.41) is 3.97. The number of alkyl halides is 3. The first-order valence-corrected chi connectivity index (χ1v) is 14.8. The zero-order chi connectivity index (χ0) is 31.4. The second-order valence-electron chi connectivity index (χ2n) is 9.72. The Morgan fingerprint density at radius 1 is 1.00 bits per heavy atom. The molecule has 1 heterocycles. The van der Waals surface area contributed by atoms with Gasteiger partial charge in [0.25, 0.3) is 15.9 Å². The molecule has 0 aliphatic heterocycles. The Morgan fingerprint density at radius 2 is 1.65 bits per heavy atom. The van der Waals surface area contributed by atoms with Gasteiger partial charge in [-0.3, -0.25) is 9.10 Å². The van der Waals surface area contributed by atoms with Crippen molar-refractivity contribution < 1.29 is 31.1 Å². The summed E-state index contributed by atoms with van der Waals surface area (Å²) in [5.74, 6) is -0.209. The smallest absolute Gasteiger partial charge is 0.418 e. The third kappa shape index (κ3) is 7.08. The van der Waals surface area contributed by atoms with Gasteiger partial charge < -0.3 is 9.30 Å². The quantitative estimate of drug-likeness (QED) is 0.171. The van der Waals surface area contributed by atoms with Crippen LogP contribution in [0.25, 0.3) is 5.69 Å².